The van der Waals surface area contributed by atoms with Gasteiger partial charge in [0.2, 0.25) is 0 Å². The molecule has 1 fully saturated rings. The van der Waals surface area contributed by atoms with Gasteiger partial charge < -0.3 is 5.32 Å². The van der Waals surface area contributed by atoms with Crippen molar-refractivity contribution in [3.63, 3.8) is 0 Å². The van der Waals surface area contributed by atoms with Gasteiger partial charge in [0.05, 0.1) is 10.6 Å². The minimum Gasteiger partial charge on any atom is -0.349 e. The van der Waals surface area contributed by atoms with E-state index in [-0.39, 0.29) is 11.9 Å². The summed E-state index contributed by atoms with van der Waals surface area (Å²) in [6, 6.07) is 7.46. The zero-order valence-corrected chi connectivity index (χ0v) is 12.6. The molecule has 0 bridgehead atoms. The minimum absolute atomic E-state index is 0.0551. The smallest absolute Gasteiger partial charge is 0.253 e. The number of benzene rings is 1. The standard InChI is InChI=1S/C16H22ClNO/c1-11-8-12(10-16(2,3)9-11)18-15(19)13-6-4-5-7-14(13)17/h4-7,11-12H,8-10H2,1-3H3,(H,18,19)/t11-,12-/m0/s1. The van der Waals surface area contributed by atoms with Crippen LogP contribution in [-0.2, 0) is 0 Å². The molecule has 1 saturated carbocycles. The fourth-order valence-electron chi connectivity index (χ4n) is 3.36. The lowest BCUT2D eigenvalue weighted by atomic mass is 9.70. The van der Waals surface area contributed by atoms with Crippen LogP contribution >= 0.6 is 11.6 Å². The molecule has 3 heteroatoms. The van der Waals surface area contributed by atoms with Gasteiger partial charge in [0.15, 0.2) is 0 Å². The van der Waals surface area contributed by atoms with E-state index in [4.69, 9.17) is 11.6 Å². The predicted octanol–water partition coefficient (Wildman–Crippen LogP) is 4.28. The lowest BCUT2D eigenvalue weighted by Crippen LogP contribution is -2.43. The van der Waals surface area contributed by atoms with E-state index in [1.807, 2.05) is 12.1 Å². The molecule has 0 saturated heterocycles. The SMILES string of the molecule is C[C@H]1C[C@H](NC(=O)c2ccccc2Cl)CC(C)(C)C1. The highest BCUT2D eigenvalue weighted by atomic mass is 35.5. The molecule has 1 amide bonds. The van der Waals surface area contributed by atoms with Crippen LogP contribution < -0.4 is 5.32 Å². The second kappa shape index (κ2) is 5.54. The molecule has 0 spiro atoms. The molecule has 2 nitrogen and oxygen atoms in total. The Morgan fingerprint density at radius 3 is 2.63 bits per heavy atom. The van der Waals surface area contributed by atoms with Crippen LogP contribution in [0, 0.1) is 11.3 Å². The molecule has 1 aliphatic rings. The van der Waals surface area contributed by atoms with Crippen LogP contribution in [0.3, 0.4) is 0 Å². The third-order valence-electron chi connectivity index (χ3n) is 3.84. The average Bonchev–Trinajstić information content (AvgIpc) is 2.26. The van der Waals surface area contributed by atoms with Gasteiger partial charge in [-0.2, -0.15) is 0 Å². The largest absolute Gasteiger partial charge is 0.349 e. The number of halogens is 1. The van der Waals surface area contributed by atoms with Crippen molar-refractivity contribution in [3.05, 3.63) is 34.9 Å². The summed E-state index contributed by atoms with van der Waals surface area (Å²) >= 11 is 6.06. The highest BCUT2D eigenvalue weighted by Crippen LogP contribution is 2.38. The fraction of sp³-hybridized carbons (Fsp3) is 0.562. The number of carbonyl (C=O) groups is 1. The van der Waals surface area contributed by atoms with Crippen molar-refractivity contribution in [1.29, 1.82) is 0 Å². The third kappa shape index (κ3) is 3.73. The molecule has 104 valence electrons. The first kappa shape index (κ1) is 14.4. The summed E-state index contributed by atoms with van der Waals surface area (Å²) in [5, 5.41) is 3.66. The van der Waals surface area contributed by atoms with Crippen molar-refractivity contribution in [2.75, 3.05) is 0 Å². The minimum atomic E-state index is -0.0551. The van der Waals surface area contributed by atoms with Gasteiger partial charge in [0, 0.05) is 6.04 Å². The van der Waals surface area contributed by atoms with Gasteiger partial charge >= 0.3 is 0 Å². The van der Waals surface area contributed by atoms with Gasteiger partial charge in [-0.3, -0.25) is 4.79 Å². The molecular formula is C16H22ClNO. The van der Waals surface area contributed by atoms with Crippen LogP contribution in [-0.4, -0.2) is 11.9 Å². The molecule has 19 heavy (non-hydrogen) atoms. The van der Waals surface area contributed by atoms with Crippen molar-refractivity contribution < 1.29 is 4.79 Å². The van der Waals surface area contributed by atoms with E-state index in [0.29, 0.717) is 21.9 Å². The number of nitrogens with one attached hydrogen (secondary N) is 1. The Morgan fingerprint density at radius 1 is 1.32 bits per heavy atom. The molecule has 0 aliphatic heterocycles. The first-order valence-corrected chi connectivity index (χ1v) is 7.30. The Hall–Kier alpha value is -1.02. The van der Waals surface area contributed by atoms with Crippen molar-refractivity contribution >= 4 is 17.5 Å². The highest BCUT2D eigenvalue weighted by molar-refractivity contribution is 6.33. The summed E-state index contributed by atoms with van der Waals surface area (Å²) in [4.78, 5) is 12.3. The average molecular weight is 280 g/mol. The number of hydrogen-bond donors (Lipinski definition) is 1. The Bertz CT molecular complexity index is 470. The van der Waals surface area contributed by atoms with Gasteiger partial charge in [-0.25, -0.2) is 0 Å². The van der Waals surface area contributed by atoms with Gasteiger partial charge in [-0.15, -0.1) is 0 Å². The second-order valence-electron chi connectivity index (χ2n) is 6.56. The van der Waals surface area contributed by atoms with Gasteiger partial charge in [0.25, 0.3) is 5.91 Å². The first-order valence-electron chi connectivity index (χ1n) is 6.93. The van der Waals surface area contributed by atoms with Crippen molar-refractivity contribution in [2.45, 2.75) is 46.1 Å². The number of carbonyl (C=O) groups excluding carboxylic acids is 1. The number of amides is 1. The zero-order chi connectivity index (χ0) is 14.0. The van der Waals surface area contributed by atoms with E-state index in [9.17, 15) is 4.79 Å². The van der Waals surface area contributed by atoms with E-state index in [2.05, 4.69) is 26.1 Å². The van der Waals surface area contributed by atoms with Gasteiger partial charge in [0.1, 0.15) is 0 Å². The predicted molar refractivity (Wildman–Crippen MR) is 79.5 cm³/mol. The van der Waals surface area contributed by atoms with E-state index >= 15 is 0 Å². The van der Waals surface area contributed by atoms with E-state index in [0.717, 1.165) is 12.8 Å². The van der Waals surface area contributed by atoms with Gasteiger partial charge in [-0.05, 0) is 42.7 Å². The summed E-state index contributed by atoms with van der Waals surface area (Å²) in [7, 11) is 0. The zero-order valence-electron chi connectivity index (χ0n) is 11.9. The van der Waals surface area contributed by atoms with Crippen molar-refractivity contribution in [2.24, 2.45) is 11.3 Å². The van der Waals surface area contributed by atoms with Crippen molar-refractivity contribution in [1.82, 2.24) is 5.32 Å². The van der Waals surface area contributed by atoms with Crippen LogP contribution in [0.15, 0.2) is 24.3 Å². The normalized spacial score (nSPS) is 25.9. The molecular weight excluding hydrogens is 258 g/mol. The lowest BCUT2D eigenvalue weighted by Gasteiger charge is -2.39. The van der Waals surface area contributed by atoms with Crippen molar-refractivity contribution in [3.8, 4) is 0 Å². The number of rotatable bonds is 2. The summed E-state index contributed by atoms with van der Waals surface area (Å²) in [5.74, 6) is 0.598. The molecule has 1 aromatic rings. The lowest BCUT2D eigenvalue weighted by molar-refractivity contribution is 0.0874. The Morgan fingerprint density at radius 2 is 2.00 bits per heavy atom. The molecule has 2 atom stereocenters. The topological polar surface area (TPSA) is 29.1 Å². The molecule has 0 unspecified atom stereocenters. The monoisotopic (exact) mass is 279 g/mol. The first-order chi connectivity index (χ1) is 8.87. The maximum atomic E-state index is 12.3. The molecule has 1 aliphatic carbocycles. The highest BCUT2D eigenvalue weighted by Gasteiger charge is 2.32. The molecule has 0 aromatic heterocycles. The Labute approximate surface area is 120 Å². The second-order valence-corrected chi connectivity index (χ2v) is 6.97. The maximum absolute atomic E-state index is 12.3. The van der Waals surface area contributed by atoms with Crippen LogP contribution in [0.1, 0.15) is 50.4 Å². The molecule has 2 rings (SSSR count). The number of hydrogen-bond acceptors (Lipinski definition) is 1. The van der Waals surface area contributed by atoms with E-state index in [1.54, 1.807) is 12.1 Å². The van der Waals surface area contributed by atoms with E-state index in [1.165, 1.54) is 6.42 Å². The molecule has 0 heterocycles. The maximum Gasteiger partial charge on any atom is 0.253 e. The molecule has 1 aromatic carbocycles. The Balaban J connectivity index is 2.05. The fourth-order valence-corrected chi connectivity index (χ4v) is 3.59. The van der Waals surface area contributed by atoms with Crippen LogP contribution in [0.4, 0.5) is 0 Å². The Kier molecular flexibility index (Phi) is 4.19. The molecule has 1 N–H and O–H groups in total. The van der Waals surface area contributed by atoms with Crippen LogP contribution in [0.2, 0.25) is 5.02 Å². The summed E-state index contributed by atoms with van der Waals surface area (Å²) in [6.07, 6.45) is 3.32. The summed E-state index contributed by atoms with van der Waals surface area (Å²) in [5.41, 5.74) is 0.871. The van der Waals surface area contributed by atoms with Gasteiger partial charge in [-0.1, -0.05) is 44.5 Å². The third-order valence-corrected chi connectivity index (χ3v) is 4.17. The quantitative estimate of drug-likeness (QED) is 0.860. The molecule has 0 radical (unpaired) electrons. The van der Waals surface area contributed by atoms with Crippen LogP contribution in [0.5, 0.6) is 0 Å². The van der Waals surface area contributed by atoms with E-state index < -0.39 is 0 Å². The van der Waals surface area contributed by atoms with Crippen LogP contribution in [0.25, 0.3) is 0 Å². The summed E-state index contributed by atoms with van der Waals surface area (Å²) in [6.45, 7) is 6.81. The summed E-state index contributed by atoms with van der Waals surface area (Å²) < 4.78 is 0.